The molecule has 2 aromatic heterocycles. The summed E-state index contributed by atoms with van der Waals surface area (Å²) in [5.74, 6) is 0.159. The van der Waals surface area contributed by atoms with Crippen molar-refractivity contribution in [2.24, 2.45) is 5.92 Å². The molecule has 0 spiro atoms. The first-order chi connectivity index (χ1) is 11.2. The summed E-state index contributed by atoms with van der Waals surface area (Å²) in [5.41, 5.74) is 2.46. The lowest BCUT2D eigenvalue weighted by Crippen LogP contribution is -2.36. The maximum absolute atomic E-state index is 12.3. The molecule has 7 heteroatoms. The van der Waals surface area contributed by atoms with E-state index in [1.807, 2.05) is 17.7 Å². The first-order valence-electron chi connectivity index (χ1n) is 8.12. The summed E-state index contributed by atoms with van der Waals surface area (Å²) in [6, 6.07) is 2.01. The molecule has 2 atom stereocenters. The second-order valence-corrected chi connectivity index (χ2v) is 5.88. The average molecular weight is 317 g/mol. The van der Waals surface area contributed by atoms with Crippen LogP contribution < -0.4 is 5.32 Å². The molecule has 0 bridgehead atoms. The zero-order valence-corrected chi connectivity index (χ0v) is 13.6. The van der Waals surface area contributed by atoms with Crippen LogP contribution in [0.2, 0.25) is 0 Å². The Labute approximate surface area is 135 Å². The smallest absolute Gasteiger partial charge is 0.254 e. The number of H-pyrrole nitrogens is 1. The molecule has 2 N–H and O–H groups in total. The Hall–Kier alpha value is -2.15. The minimum atomic E-state index is -0.0930. The molecule has 2 aromatic rings. The lowest BCUT2D eigenvalue weighted by molar-refractivity contribution is -0.0321. The van der Waals surface area contributed by atoms with E-state index in [2.05, 4.69) is 27.5 Å². The zero-order valence-electron chi connectivity index (χ0n) is 13.6. The Bertz CT molecular complexity index is 663. The molecule has 1 saturated heterocycles. The number of nitrogens with one attached hydrogen (secondary N) is 2. The maximum atomic E-state index is 12.3. The summed E-state index contributed by atoms with van der Waals surface area (Å²) in [6.45, 7) is 6.06. The van der Waals surface area contributed by atoms with Crippen molar-refractivity contribution in [3.63, 3.8) is 0 Å². The summed E-state index contributed by atoms with van der Waals surface area (Å²) in [5, 5.41) is 14.0. The quantitative estimate of drug-likeness (QED) is 0.881. The summed E-state index contributed by atoms with van der Waals surface area (Å²) in [7, 11) is 0. The second-order valence-electron chi connectivity index (χ2n) is 5.88. The van der Waals surface area contributed by atoms with Crippen LogP contribution in [0.15, 0.2) is 18.5 Å². The minimum absolute atomic E-state index is 0.0167. The molecule has 0 unspecified atom stereocenters. The van der Waals surface area contributed by atoms with E-state index in [0.717, 1.165) is 37.4 Å². The minimum Gasteiger partial charge on any atom is -0.372 e. The molecule has 3 rings (SSSR count). The van der Waals surface area contributed by atoms with Gasteiger partial charge >= 0.3 is 0 Å². The molecule has 0 radical (unpaired) electrons. The fourth-order valence-corrected chi connectivity index (χ4v) is 3.13. The molecule has 0 saturated carbocycles. The van der Waals surface area contributed by atoms with Crippen LogP contribution in [0.25, 0.3) is 0 Å². The Morgan fingerprint density at radius 3 is 3.17 bits per heavy atom. The fourth-order valence-electron chi connectivity index (χ4n) is 3.13. The Morgan fingerprint density at radius 2 is 2.43 bits per heavy atom. The van der Waals surface area contributed by atoms with Gasteiger partial charge in [0.25, 0.3) is 5.91 Å². The highest BCUT2D eigenvalue weighted by atomic mass is 16.5. The second kappa shape index (κ2) is 6.95. The first-order valence-corrected chi connectivity index (χ1v) is 8.12. The third-order valence-corrected chi connectivity index (χ3v) is 4.38. The van der Waals surface area contributed by atoms with Gasteiger partial charge in [-0.25, -0.2) is 0 Å². The van der Waals surface area contributed by atoms with Crippen molar-refractivity contribution in [3.8, 4) is 0 Å². The van der Waals surface area contributed by atoms with Crippen LogP contribution in [0, 0.1) is 12.8 Å². The highest BCUT2D eigenvalue weighted by Gasteiger charge is 2.30. The van der Waals surface area contributed by atoms with E-state index in [1.54, 1.807) is 12.4 Å². The van der Waals surface area contributed by atoms with E-state index in [9.17, 15) is 4.79 Å². The van der Waals surface area contributed by atoms with Gasteiger partial charge in [0.05, 0.1) is 17.5 Å². The largest absolute Gasteiger partial charge is 0.372 e. The number of carbonyl (C=O) groups is 1. The molecule has 0 aliphatic carbocycles. The monoisotopic (exact) mass is 317 g/mol. The number of aryl methyl sites for hydroxylation is 2. The molecule has 23 heavy (non-hydrogen) atoms. The molecule has 1 aliphatic heterocycles. The number of aromatic nitrogens is 4. The summed E-state index contributed by atoms with van der Waals surface area (Å²) >= 11 is 0. The van der Waals surface area contributed by atoms with E-state index in [1.165, 1.54) is 0 Å². The van der Waals surface area contributed by atoms with Crippen molar-refractivity contribution in [2.75, 3.05) is 13.2 Å². The maximum Gasteiger partial charge on any atom is 0.254 e. The third kappa shape index (κ3) is 3.29. The fraction of sp³-hybridized carbons (Fsp3) is 0.562. The van der Waals surface area contributed by atoms with Crippen LogP contribution in [0.5, 0.6) is 0 Å². The summed E-state index contributed by atoms with van der Waals surface area (Å²) < 4.78 is 7.96. The van der Waals surface area contributed by atoms with Gasteiger partial charge in [0.15, 0.2) is 0 Å². The van der Waals surface area contributed by atoms with E-state index in [4.69, 9.17) is 4.74 Å². The van der Waals surface area contributed by atoms with Crippen molar-refractivity contribution >= 4 is 5.91 Å². The Kier molecular flexibility index (Phi) is 4.76. The molecule has 3 heterocycles. The zero-order chi connectivity index (χ0) is 16.2. The van der Waals surface area contributed by atoms with Gasteiger partial charge in [0.1, 0.15) is 6.10 Å². The molecule has 1 aliphatic rings. The Balaban J connectivity index is 1.68. The number of carbonyl (C=O) groups excluding carboxylic acids is 1. The van der Waals surface area contributed by atoms with Crippen molar-refractivity contribution in [1.82, 2.24) is 25.3 Å². The SMILES string of the molecule is CCn1nccc1[C@@H]1OCCC[C@H]1CNC(=O)c1cn[nH]c1C. The van der Waals surface area contributed by atoms with Crippen LogP contribution in [-0.2, 0) is 11.3 Å². The van der Waals surface area contributed by atoms with E-state index >= 15 is 0 Å². The predicted octanol–water partition coefficient (Wildman–Crippen LogP) is 1.83. The van der Waals surface area contributed by atoms with Crippen LogP contribution in [0.3, 0.4) is 0 Å². The molecule has 0 aromatic carbocycles. The number of rotatable bonds is 5. The molecule has 7 nitrogen and oxygen atoms in total. The standard InChI is InChI=1S/C16H23N5O2/c1-3-21-14(6-7-19-21)15-12(5-4-8-23-15)9-17-16(22)13-10-18-20-11(13)2/h6-7,10,12,15H,3-5,8-9H2,1-2H3,(H,17,22)(H,18,20)/t12-,15+/m0/s1. The number of ether oxygens (including phenoxy) is 1. The number of nitrogens with zero attached hydrogens (tertiary/aromatic N) is 3. The average Bonchev–Trinajstić information content (AvgIpc) is 3.21. The van der Waals surface area contributed by atoms with Crippen molar-refractivity contribution in [1.29, 1.82) is 0 Å². The van der Waals surface area contributed by atoms with Gasteiger partial charge in [-0.15, -0.1) is 0 Å². The van der Waals surface area contributed by atoms with Crippen LogP contribution in [0.1, 0.15) is 47.6 Å². The van der Waals surface area contributed by atoms with Gasteiger partial charge in [-0.1, -0.05) is 0 Å². The first kappa shape index (κ1) is 15.7. The molecule has 1 amide bonds. The predicted molar refractivity (Wildman–Crippen MR) is 85.0 cm³/mol. The number of hydrogen-bond donors (Lipinski definition) is 2. The lowest BCUT2D eigenvalue weighted by Gasteiger charge is -2.32. The molecular weight excluding hydrogens is 294 g/mol. The van der Waals surface area contributed by atoms with Gasteiger partial charge < -0.3 is 10.1 Å². The van der Waals surface area contributed by atoms with Crippen molar-refractivity contribution in [2.45, 2.75) is 39.3 Å². The normalized spacial score (nSPS) is 21.3. The molecule has 1 fully saturated rings. The highest BCUT2D eigenvalue weighted by molar-refractivity contribution is 5.94. The van der Waals surface area contributed by atoms with E-state index < -0.39 is 0 Å². The van der Waals surface area contributed by atoms with Crippen LogP contribution in [0.4, 0.5) is 0 Å². The van der Waals surface area contributed by atoms with Crippen LogP contribution in [-0.4, -0.2) is 39.0 Å². The van der Waals surface area contributed by atoms with Crippen molar-refractivity contribution in [3.05, 3.63) is 35.4 Å². The molecule has 124 valence electrons. The van der Waals surface area contributed by atoms with Gasteiger partial charge in [-0.2, -0.15) is 10.2 Å². The third-order valence-electron chi connectivity index (χ3n) is 4.38. The summed E-state index contributed by atoms with van der Waals surface area (Å²) in [6.07, 6.45) is 5.40. The number of aromatic amines is 1. The van der Waals surface area contributed by atoms with Gasteiger partial charge in [-0.05, 0) is 32.8 Å². The van der Waals surface area contributed by atoms with Gasteiger partial charge in [0.2, 0.25) is 0 Å². The lowest BCUT2D eigenvalue weighted by atomic mass is 9.92. The van der Waals surface area contributed by atoms with Crippen molar-refractivity contribution < 1.29 is 9.53 Å². The van der Waals surface area contributed by atoms with Crippen LogP contribution >= 0.6 is 0 Å². The highest BCUT2D eigenvalue weighted by Crippen LogP contribution is 2.33. The van der Waals surface area contributed by atoms with E-state index in [0.29, 0.717) is 12.1 Å². The summed E-state index contributed by atoms with van der Waals surface area (Å²) in [4.78, 5) is 12.3. The number of hydrogen-bond acceptors (Lipinski definition) is 4. The Morgan fingerprint density at radius 1 is 1.57 bits per heavy atom. The topological polar surface area (TPSA) is 84.8 Å². The van der Waals surface area contributed by atoms with E-state index in [-0.39, 0.29) is 17.9 Å². The van der Waals surface area contributed by atoms with Gasteiger partial charge in [0, 0.05) is 37.5 Å². The molecular formula is C16H23N5O2. The number of amides is 1. The van der Waals surface area contributed by atoms with Gasteiger partial charge in [-0.3, -0.25) is 14.6 Å².